The van der Waals surface area contributed by atoms with Gasteiger partial charge in [-0.3, -0.25) is 0 Å². The van der Waals surface area contributed by atoms with Gasteiger partial charge in [0.2, 0.25) is 5.82 Å². The maximum Gasteiger partial charge on any atom is 0.203 e. The molecule has 2 aromatic carbocycles. The van der Waals surface area contributed by atoms with Crippen LogP contribution >= 0.6 is 0 Å². The molecule has 0 aliphatic carbocycles. The minimum Gasteiger partial charge on any atom is -0.449 e. The van der Waals surface area contributed by atoms with Crippen molar-refractivity contribution >= 4 is 11.4 Å². The number of hydrogen-bond donors (Lipinski definition) is 2. The number of nitrogens with two attached hydrogens (primary N) is 2. The van der Waals surface area contributed by atoms with E-state index in [0.29, 0.717) is 12.1 Å². The average molecular weight is 272 g/mol. The Morgan fingerprint density at radius 1 is 0.895 bits per heavy atom. The second-order valence-corrected chi connectivity index (χ2v) is 3.68. The molecule has 0 aromatic heterocycles. The summed E-state index contributed by atoms with van der Waals surface area (Å²) in [7, 11) is 0. The van der Waals surface area contributed by atoms with Gasteiger partial charge in [-0.1, -0.05) is 0 Å². The smallest absolute Gasteiger partial charge is 0.203 e. The Labute approximate surface area is 105 Å². The van der Waals surface area contributed by atoms with Gasteiger partial charge in [0.15, 0.2) is 23.1 Å². The highest BCUT2D eigenvalue weighted by molar-refractivity contribution is 5.71. The molecular weight excluding hydrogens is 264 g/mol. The van der Waals surface area contributed by atoms with Gasteiger partial charge in [-0.25, -0.2) is 13.2 Å². The third kappa shape index (κ3) is 2.40. The summed E-state index contributed by atoms with van der Waals surface area (Å²) in [6.07, 6.45) is 0. The molecule has 0 radical (unpaired) electrons. The molecule has 0 saturated heterocycles. The molecule has 0 saturated carbocycles. The summed E-state index contributed by atoms with van der Waals surface area (Å²) in [4.78, 5) is 0. The molecule has 19 heavy (non-hydrogen) atoms. The van der Waals surface area contributed by atoms with Crippen molar-refractivity contribution in [3.8, 4) is 11.5 Å². The Kier molecular flexibility index (Phi) is 3.20. The lowest BCUT2D eigenvalue weighted by atomic mass is 10.2. The second kappa shape index (κ2) is 4.68. The molecule has 0 bridgehead atoms. The number of nitrogen functional groups attached to an aromatic ring is 2. The lowest BCUT2D eigenvalue weighted by Gasteiger charge is -2.12. The first kappa shape index (κ1) is 13.0. The summed E-state index contributed by atoms with van der Waals surface area (Å²) in [6.45, 7) is 0. The van der Waals surface area contributed by atoms with Crippen LogP contribution in [0.25, 0.3) is 0 Å². The summed E-state index contributed by atoms with van der Waals surface area (Å²) in [5.41, 5.74) is 10.1. The highest BCUT2D eigenvalue weighted by Gasteiger charge is 2.19. The van der Waals surface area contributed by atoms with E-state index in [4.69, 9.17) is 16.2 Å². The lowest BCUT2D eigenvalue weighted by molar-refractivity contribution is 0.397. The van der Waals surface area contributed by atoms with Crippen molar-refractivity contribution in [2.75, 3.05) is 11.5 Å². The number of hydrogen-bond acceptors (Lipinski definition) is 3. The third-order valence-corrected chi connectivity index (χ3v) is 2.35. The molecule has 0 heterocycles. The van der Waals surface area contributed by atoms with Crippen LogP contribution in [0.2, 0.25) is 0 Å². The molecular formula is C12H8F4N2O. The van der Waals surface area contributed by atoms with Crippen LogP contribution in [-0.4, -0.2) is 0 Å². The molecule has 100 valence electrons. The molecule has 0 amide bonds. The van der Waals surface area contributed by atoms with Crippen LogP contribution in [0.3, 0.4) is 0 Å². The van der Waals surface area contributed by atoms with E-state index < -0.39 is 34.8 Å². The van der Waals surface area contributed by atoms with Gasteiger partial charge in [0.1, 0.15) is 11.5 Å². The number of halogens is 4. The molecule has 0 aliphatic heterocycles. The van der Waals surface area contributed by atoms with Gasteiger partial charge < -0.3 is 16.2 Å². The molecule has 3 nitrogen and oxygen atoms in total. The van der Waals surface area contributed by atoms with E-state index >= 15 is 0 Å². The van der Waals surface area contributed by atoms with Crippen molar-refractivity contribution in [3.05, 3.63) is 47.5 Å². The predicted molar refractivity (Wildman–Crippen MR) is 61.6 cm³/mol. The van der Waals surface area contributed by atoms with Gasteiger partial charge in [-0.2, -0.15) is 4.39 Å². The van der Waals surface area contributed by atoms with Gasteiger partial charge >= 0.3 is 0 Å². The van der Waals surface area contributed by atoms with Crippen molar-refractivity contribution in [1.29, 1.82) is 0 Å². The third-order valence-electron chi connectivity index (χ3n) is 2.35. The number of benzene rings is 2. The van der Waals surface area contributed by atoms with Crippen molar-refractivity contribution in [2.24, 2.45) is 0 Å². The maximum absolute atomic E-state index is 13.5. The monoisotopic (exact) mass is 272 g/mol. The minimum atomic E-state index is -1.41. The number of ether oxygens (including phenoxy) is 1. The zero-order valence-electron chi connectivity index (χ0n) is 9.38. The Balaban J connectivity index is 2.49. The molecule has 0 fully saturated rings. The Bertz CT molecular complexity index is 620. The van der Waals surface area contributed by atoms with E-state index in [2.05, 4.69) is 0 Å². The molecule has 4 N–H and O–H groups in total. The van der Waals surface area contributed by atoms with E-state index in [-0.39, 0.29) is 11.4 Å². The van der Waals surface area contributed by atoms with E-state index in [1.54, 1.807) is 0 Å². The van der Waals surface area contributed by atoms with Crippen LogP contribution < -0.4 is 16.2 Å². The van der Waals surface area contributed by atoms with E-state index in [1.165, 1.54) is 0 Å². The average Bonchev–Trinajstić information content (AvgIpc) is 2.34. The summed E-state index contributed by atoms with van der Waals surface area (Å²) in [5, 5.41) is 0. The molecule has 7 heteroatoms. The largest absolute Gasteiger partial charge is 0.449 e. The van der Waals surface area contributed by atoms with Gasteiger partial charge in [-0.15, -0.1) is 0 Å². The van der Waals surface area contributed by atoms with Gasteiger partial charge in [0.05, 0.1) is 5.69 Å². The van der Waals surface area contributed by atoms with Crippen molar-refractivity contribution in [2.45, 2.75) is 0 Å². The van der Waals surface area contributed by atoms with Crippen molar-refractivity contribution in [1.82, 2.24) is 0 Å². The maximum atomic E-state index is 13.5. The first-order chi connectivity index (χ1) is 8.90. The summed E-state index contributed by atoms with van der Waals surface area (Å²) >= 11 is 0. The van der Waals surface area contributed by atoms with E-state index in [0.717, 1.165) is 12.1 Å². The summed E-state index contributed by atoms with van der Waals surface area (Å²) < 4.78 is 57.5. The summed E-state index contributed by atoms with van der Waals surface area (Å²) in [5.74, 6) is -5.86. The first-order valence-corrected chi connectivity index (χ1v) is 5.06. The normalized spacial score (nSPS) is 10.5. The molecule has 0 spiro atoms. The SMILES string of the molecule is Nc1cc(F)c(F)c(Oc2ccc(F)cc2F)c1N. The quantitative estimate of drug-likeness (QED) is 0.652. The van der Waals surface area contributed by atoms with Crippen LogP contribution in [0.5, 0.6) is 11.5 Å². The fourth-order valence-electron chi connectivity index (χ4n) is 1.40. The minimum absolute atomic E-state index is 0.253. The number of rotatable bonds is 2. The van der Waals surface area contributed by atoms with Crippen LogP contribution in [0, 0.1) is 23.3 Å². The first-order valence-electron chi connectivity index (χ1n) is 5.06. The van der Waals surface area contributed by atoms with Crippen LogP contribution in [-0.2, 0) is 0 Å². The van der Waals surface area contributed by atoms with E-state index in [1.807, 2.05) is 0 Å². The van der Waals surface area contributed by atoms with Crippen LogP contribution in [0.15, 0.2) is 24.3 Å². The lowest BCUT2D eigenvalue weighted by Crippen LogP contribution is -2.03. The fraction of sp³-hybridized carbons (Fsp3) is 0. The summed E-state index contributed by atoms with van der Waals surface area (Å²) in [6, 6.07) is 3.03. The Hall–Kier alpha value is -2.44. The van der Waals surface area contributed by atoms with Gasteiger partial charge in [-0.05, 0) is 12.1 Å². The molecule has 2 rings (SSSR count). The van der Waals surface area contributed by atoms with Gasteiger partial charge in [0.25, 0.3) is 0 Å². The standard InChI is InChI=1S/C12H8F4N2O/c13-5-1-2-9(6(14)3-5)19-12-10(16)7(15)4-8(17)11(12)18/h1-4H,17-18H2. The molecule has 0 unspecified atom stereocenters. The van der Waals surface area contributed by atoms with Crippen molar-refractivity contribution < 1.29 is 22.3 Å². The number of anilines is 2. The second-order valence-electron chi connectivity index (χ2n) is 3.68. The van der Waals surface area contributed by atoms with E-state index in [9.17, 15) is 17.6 Å². The molecule has 0 aliphatic rings. The predicted octanol–water partition coefficient (Wildman–Crippen LogP) is 3.20. The van der Waals surface area contributed by atoms with Crippen LogP contribution in [0.4, 0.5) is 28.9 Å². The van der Waals surface area contributed by atoms with Gasteiger partial charge in [0, 0.05) is 12.1 Å². The fourth-order valence-corrected chi connectivity index (χ4v) is 1.40. The highest BCUT2D eigenvalue weighted by Crippen LogP contribution is 2.36. The molecule has 2 aromatic rings. The molecule has 0 atom stereocenters. The zero-order valence-corrected chi connectivity index (χ0v) is 9.38. The Morgan fingerprint density at radius 3 is 2.21 bits per heavy atom. The zero-order chi connectivity index (χ0) is 14.2. The van der Waals surface area contributed by atoms with Crippen LogP contribution in [0.1, 0.15) is 0 Å². The Morgan fingerprint density at radius 2 is 1.58 bits per heavy atom. The van der Waals surface area contributed by atoms with Crippen molar-refractivity contribution in [3.63, 3.8) is 0 Å². The highest BCUT2D eigenvalue weighted by atomic mass is 19.2. The topological polar surface area (TPSA) is 61.3 Å².